The first kappa shape index (κ1) is 23.0. The lowest BCUT2D eigenvalue weighted by molar-refractivity contribution is -0.192. The third kappa shape index (κ3) is 5.94. The van der Waals surface area contributed by atoms with E-state index in [0.29, 0.717) is 0 Å². The van der Waals surface area contributed by atoms with Crippen molar-refractivity contribution in [2.75, 3.05) is 0 Å². The fraction of sp³-hybridized carbons (Fsp3) is 0.227. The predicted molar refractivity (Wildman–Crippen MR) is 113 cm³/mol. The number of carbonyl (C=O) groups is 1. The van der Waals surface area contributed by atoms with Crippen LogP contribution in [0.25, 0.3) is 16.6 Å². The van der Waals surface area contributed by atoms with Crippen LogP contribution in [0.3, 0.4) is 0 Å². The van der Waals surface area contributed by atoms with E-state index in [2.05, 4.69) is 57.8 Å². The lowest BCUT2D eigenvalue weighted by atomic mass is 10.1. The first-order valence-corrected chi connectivity index (χ1v) is 9.68. The molecular weight excluding hydrogens is 423 g/mol. The van der Waals surface area contributed by atoms with Gasteiger partial charge in [-0.3, -0.25) is 4.98 Å². The van der Waals surface area contributed by atoms with E-state index in [4.69, 9.17) is 9.90 Å². The number of halogens is 3. The number of nitrogens with zero attached hydrogens (tertiary/aromatic N) is 3. The summed E-state index contributed by atoms with van der Waals surface area (Å²) < 4.78 is 33.6. The van der Waals surface area contributed by atoms with Gasteiger partial charge < -0.3 is 15.4 Å². The Morgan fingerprint density at radius 2 is 1.81 bits per heavy atom. The second-order valence-corrected chi connectivity index (χ2v) is 7.17. The van der Waals surface area contributed by atoms with Crippen LogP contribution >= 0.6 is 0 Å². The fourth-order valence-corrected chi connectivity index (χ4v) is 3.08. The van der Waals surface area contributed by atoms with Crippen molar-refractivity contribution in [3.8, 4) is 5.69 Å². The summed E-state index contributed by atoms with van der Waals surface area (Å²) in [5.74, 6) is -2.76. The third-order valence-corrected chi connectivity index (χ3v) is 4.63. The van der Waals surface area contributed by atoms with Crippen molar-refractivity contribution in [1.29, 1.82) is 0 Å². The minimum absolute atomic E-state index is 0.793. The summed E-state index contributed by atoms with van der Waals surface area (Å²) in [5.41, 5.74) is 6.94. The van der Waals surface area contributed by atoms with Crippen molar-refractivity contribution in [2.45, 2.75) is 33.1 Å². The maximum absolute atomic E-state index is 10.6. The quantitative estimate of drug-likeness (QED) is 0.426. The van der Waals surface area contributed by atoms with Crippen LogP contribution in [0, 0.1) is 13.8 Å². The maximum Gasteiger partial charge on any atom is 0.490 e. The second-order valence-electron chi connectivity index (χ2n) is 7.17. The number of aryl methyl sites for hydroxylation is 2. The first-order valence-electron chi connectivity index (χ1n) is 9.68. The summed E-state index contributed by atoms with van der Waals surface area (Å²) in [4.78, 5) is 16.3. The van der Waals surface area contributed by atoms with Crippen molar-refractivity contribution in [3.05, 3.63) is 77.5 Å². The van der Waals surface area contributed by atoms with Crippen molar-refractivity contribution >= 4 is 16.9 Å². The molecule has 0 atom stereocenters. The number of aromatic nitrogens is 4. The molecule has 32 heavy (non-hydrogen) atoms. The Balaban J connectivity index is 0.000000360. The van der Waals surface area contributed by atoms with E-state index in [1.165, 1.54) is 27.7 Å². The molecule has 0 saturated heterocycles. The van der Waals surface area contributed by atoms with Gasteiger partial charge in [-0.1, -0.05) is 6.07 Å². The van der Waals surface area contributed by atoms with Gasteiger partial charge in [-0.15, -0.1) is 0 Å². The van der Waals surface area contributed by atoms with E-state index in [1.807, 2.05) is 23.7 Å². The number of fused-ring (bicyclic) bond motifs is 1. The molecule has 10 heteroatoms. The van der Waals surface area contributed by atoms with E-state index >= 15 is 0 Å². The molecule has 0 aliphatic carbocycles. The minimum Gasteiger partial charge on any atom is -0.475 e. The van der Waals surface area contributed by atoms with Crippen molar-refractivity contribution in [2.24, 2.45) is 0 Å². The number of hydrogen-bond donors (Lipinski definition) is 3. The summed E-state index contributed by atoms with van der Waals surface area (Å²) in [6.07, 6.45) is 0.558. The molecule has 3 aromatic heterocycles. The van der Waals surface area contributed by atoms with Gasteiger partial charge in [0, 0.05) is 48.5 Å². The molecule has 7 nitrogen and oxygen atoms in total. The number of hydrogen-bond acceptors (Lipinski definition) is 4. The van der Waals surface area contributed by atoms with Crippen molar-refractivity contribution in [1.82, 2.24) is 25.1 Å². The molecule has 0 saturated carbocycles. The van der Waals surface area contributed by atoms with Gasteiger partial charge in [0.2, 0.25) is 0 Å². The summed E-state index contributed by atoms with van der Waals surface area (Å²) in [6, 6.07) is 12.6. The number of alkyl halides is 3. The van der Waals surface area contributed by atoms with E-state index in [-0.39, 0.29) is 0 Å². The van der Waals surface area contributed by atoms with E-state index in [0.717, 1.165) is 24.5 Å². The highest BCUT2D eigenvalue weighted by molar-refractivity contribution is 5.81. The number of benzene rings is 1. The first-order chi connectivity index (χ1) is 15.1. The number of rotatable bonds is 5. The molecule has 0 unspecified atom stereocenters. The molecule has 168 valence electrons. The molecule has 1 aromatic carbocycles. The molecule has 4 aromatic rings. The number of pyridine rings is 1. The highest BCUT2D eigenvalue weighted by Crippen LogP contribution is 2.17. The number of carboxylic acids is 1. The summed E-state index contributed by atoms with van der Waals surface area (Å²) in [6.45, 7) is 5.76. The van der Waals surface area contributed by atoms with Crippen LogP contribution in [0.15, 0.2) is 55.0 Å². The summed E-state index contributed by atoms with van der Waals surface area (Å²) in [7, 11) is 0. The predicted octanol–water partition coefficient (Wildman–Crippen LogP) is 4.29. The van der Waals surface area contributed by atoms with Gasteiger partial charge in [0.1, 0.15) is 0 Å². The van der Waals surface area contributed by atoms with E-state index in [1.54, 1.807) is 12.4 Å². The van der Waals surface area contributed by atoms with Gasteiger partial charge >= 0.3 is 12.1 Å². The summed E-state index contributed by atoms with van der Waals surface area (Å²) in [5, 5.41) is 16.5. The van der Waals surface area contributed by atoms with Gasteiger partial charge in [-0.25, -0.2) is 9.48 Å². The van der Waals surface area contributed by atoms with Crippen LogP contribution in [0.2, 0.25) is 0 Å². The van der Waals surface area contributed by atoms with Crippen LogP contribution in [0.5, 0.6) is 0 Å². The molecule has 3 heterocycles. The highest BCUT2D eigenvalue weighted by Gasteiger charge is 2.38. The average Bonchev–Trinajstić information content (AvgIpc) is 3.29. The standard InChI is InChI=1S/C20H21N5.C2HF3O2/c1-14-9-17-10-16(3-4-20(17)23-14)11-22-12-18-13-25(24-15(18)2)19-5-7-21-8-6-19;3-2(4,5)1(6)7/h3-10,13,22-23H,11-12H2,1-2H3;(H,6,7). The fourth-order valence-electron chi connectivity index (χ4n) is 3.08. The Morgan fingerprint density at radius 3 is 2.47 bits per heavy atom. The van der Waals surface area contributed by atoms with Crippen molar-refractivity contribution < 1.29 is 23.1 Å². The van der Waals surface area contributed by atoms with Gasteiger partial charge in [0.15, 0.2) is 0 Å². The van der Waals surface area contributed by atoms with Crippen LogP contribution in [-0.4, -0.2) is 37.0 Å². The Morgan fingerprint density at radius 1 is 1.12 bits per heavy atom. The summed E-state index contributed by atoms with van der Waals surface area (Å²) >= 11 is 0. The lowest BCUT2D eigenvalue weighted by Gasteiger charge is -2.04. The second kappa shape index (κ2) is 9.65. The molecule has 0 bridgehead atoms. The van der Waals surface area contributed by atoms with Crippen LogP contribution in [-0.2, 0) is 17.9 Å². The molecule has 0 spiro atoms. The average molecular weight is 445 g/mol. The van der Waals surface area contributed by atoms with Crippen LogP contribution in [0.4, 0.5) is 13.2 Å². The van der Waals surface area contributed by atoms with E-state index in [9.17, 15) is 13.2 Å². The minimum atomic E-state index is -5.08. The third-order valence-electron chi connectivity index (χ3n) is 4.63. The molecule has 0 aliphatic heterocycles. The highest BCUT2D eigenvalue weighted by atomic mass is 19.4. The monoisotopic (exact) mass is 445 g/mol. The maximum atomic E-state index is 10.6. The SMILES string of the molecule is Cc1cc2cc(CNCc3cn(-c4ccncc4)nc3C)ccc2[nH]1.O=C(O)C(F)(F)F. The number of nitrogens with one attached hydrogen (secondary N) is 2. The molecule has 0 aliphatic rings. The van der Waals surface area contributed by atoms with Crippen molar-refractivity contribution in [3.63, 3.8) is 0 Å². The zero-order valence-electron chi connectivity index (χ0n) is 17.4. The topological polar surface area (TPSA) is 95.8 Å². The smallest absolute Gasteiger partial charge is 0.475 e. The zero-order chi connectivity index (χ0) is 23.3. The van der Waals surface area contributed by atoms with Gasteiger partial charge in [-0.05, 0) is 55.1 Å². The molecular formula is C22H22F3N5O2. The Kier molecular flexibility index (Phi) is 6.94. The van der Waals surface area contributed by atoms with Crippen LogP contribution in [0.1, 0.15) is 22.5 Å². The zero-order valence-corrected chi connectivity index (χ0v) is 17.4. The molecule has 0 radical (unpaired) electrons. The lowest BCUT2D eigenvalue weighted by Crippen LogP contribution is -2.21. The van der Waals surface area contributed by atoms with E-state index < -0.39 is 12.1 Å². The van der Waals surface area contributed by atoms with Gasteiger partial charge in [0.05, 0.1) is 11.4 Å². The number of carboxylic acid groups (broad SMARTS) is 1. The normalized spacial score (nSPS) is 11.3. The van der Waals surface area contributed by atoms with Crippen LogP contribution < -0.4 is 5.32 Å². The molecule has 0 amide bonds. The van der Waals surface area contributed by atoms with Gasteiger partial charge in [-0.2, -0.15) is 18.3 Å². The Hall–Kier alpha value is -3.66. The number of H-pyrrole nitrogens is 1. The number of aliphatic carboxylic acids is 1. The molecule has 0 fully saturated rings. The number of aromatic amines is 1. The molecule has 4 rings (SSSR count). The largest absolute Gasteiger partial charge is 0.490 e. The Labute approximate surface area is 181 Å². The Bertz CT molecular complexity index is 1200. The molecule has 3 N–H and O–H groups in total. The van der Waals surface area contributed by atoms with Gasteiger partial charge in [0.25, 0.3) is 0 Å².